The van der Waals surface area contributed by atoms with Gasteiger partial charge in [-0.2, -0.15) is 0 Å². The Labute approximate surface area is 159 Å². The molecule has 0 saturated heterocycles. The number of aromatic nitrogens is 1. The second kappa shape index (κ2) is 8.85. The third kappa shape index (κ3) is 4.85. The summed E-state index contributed by atoms with van der Waals surface area (Å²) in [5.41, 5.74) is 4.47. The number of hydrogen-bond donors (Lipinski definition) is 2. The van der Waals surface area contributed by atoms with E-state index < -0.39 is 0 Å². The van der Waals surface area contributed by atoms with Crippen molar-refractivity contribution in [3.05, 3.63) is 83.7 Å². The molecule has 0 fully saturated rings. The number of rotatable bonds is 7. The molecule has 3 aromatic rings. The van der Waals surface area contributed by atoms with Crippen molar-refractivity contribution in [1.82, 2.24) is 10.3 Å². The van der Waals surface area contributed by atoms with Crippen LogP contribution in [0.1, 0.15) is 28.5 Å². The predicted molar refractivity (Wildman–Crippen MR) is 108 cm³/mol. The molecule has 1 heterocycles. The summed E-state index contributed by atoms with van der Waals surface area (Å²) in [7, 11) is 1.63. The Morgan fingerprint density at radius 3 is 2.59 bits per heavy atom. The Kier molecular flexibility index (Phi) is 6.05. The van der Waals surface area contributed by atoms with E-state index in [1.54, 1.807) is 19.4 Å². The molecular weight excluding hydrogens is 338 g/mol. The van der Waals surface area contributed by atoms with Gasteiger partial charge in [-0.1, -0.05) is 37.3 Å². The third-order valence-electron chi connectivity index (χ3n) is 4.28. The number of pyridine rings is 1. The number of methoxy groups -OCH3 is 1. The molecule has 0 aliphatic carbocycles. The molecule has 0 spiro atoms. The van der Waals surface area contributed by atoms with E-state index in [1.165, 1.54) is 5.56 Å². The van der Waals surface area contributed by atoms with E-state index in [0.29, 0.717) is 12.2 Å². The summed E-state index contributed by atoms with van der Waals surface area (Å²) < 4.78 is 5.14. The summed E-state index contributed by atoms with van der Waals surface area (Å²) in [4.78, 5) is 16.6. The Hall–Kier alpha value is -3.34. The summed E-state index contributed by atoms with van der Waals surface area (Å²) in [6.45, 7) is 2.55. The Morgan fingerprint density at radius 2 is 1.85 bits per heavy atom. The maximum atomic E-state index is 12.4. The van der Waals surface area contributed by atoms with Gasteiger partial charge in [-0.15, -0.1) is 0 Å². The number of carbonyl (C=O) groups is 1. The normalized spacial score (nSPS) is 10.3. The number of anilines is 2. The van der Waals surface area contributed by atoms with Gasteiger partial charge in [0.15, 0.2) is 0 Å². The summed E-state index contributed by atoms with van der Waals surface area (Å²) >= 11 is 0. The average molecular weight is 361 g/mol. The van der Waals surface area contributed by atoms with Gasteiger partial charge in [-0.3, -0.25) is 9.78 Å². The molecule has 0 atom stereocenters. The van der Waals surface area contributed by atoms with Crippen LogP contribution in [0, 0.1) is 0 Å². The highest BCUT2D eigenvalue weighted by Gasteiger charge is 2.09. The lowest BCUT2D eigenvalue weighted by Crippen LogP contribution is -2.23. The fraction of sp³-hybridized carbons (Fsp3) is 0.182. The van der Waals surface area contributed by atoms with Gasteiger partial charge in [-0.25, -0.2) is 0 Å². The summed E-state index contributed by atoms with van der Waals surface area (Å²) in [5.74, 6) is 0.580. The average Bonchev–Trinajstić information content (AvgIpc) is 2.73. The van der Waals surface area contributed by atoms with Gasteiger partial charge in [-0.05, 0) is 47.9 Å². The fourth-order valence-corrected chi connectivity index (χ4v) is 2.75. The fourth-order valence-electron chi connectivity index (χ4n) is 2.75. The molecule has 0 unspecified atom stereocenters. The highest BCUT2D eigenvalue weighted by Crippen LogP contribution is 2.21. The molecular formula is C22H23N3O2. The molecule has 2 aromatic carbocycles. The first-order valence-electron chi connectivity index (χ1n) is 8.91. The molecule has 1 aromatic heterocycles. The van der Waals surface area contributed by atoms with Crippen LogP contribution >= 0.6 is 0 Å². The van der Waals surface area contributed by atoms with Crippen molar-refractivity contribution in [2.45, 2.75) is 19.9 Å². The van der Waals surface area contributed by atoms with Crippen molar-refractivity contribution < 1.29 is 9.53 Å². The third-order valence-corrected chi connectivity index (χ3v) is 4.28. The minimum atomic E-state index is -0.210. The predicted octanol–water partition coefficient (Wildman–Crippen LogP) is 4.33. The van der Waals surface area contributed by atoms with Crippen LogP contribution in [0.4, 0.5) is 11.4 Å². The summed E-state index contributed by atoms with van der Waals surface area (Å²) in [6.07, 6.45) is 2.57. The first-order valence-corrected chi connectivity index (χ1v) is 8.91. The Bertz CT molecular complexity index is 907. The number of para-hydroxylation sites is 1. The summed E-state index contributed by atoms with van der Waals surface area (Å²) in [6, 6.07) is 19.3. The second-order valence-electron chi connectivity index (χ2n) is 6.10. The van der Waals surface area contributed by atoms with Crippen molar-refractivity contribution in [3.8, 4) is 5.75 Å². The monoisotopic (exact) mass is 361 g/mol. The van der Waals surface area contributed by atoms with Crippen molar-refractivity contribution >= 4 is 17.3 Å². The van der Waals surface area contributed by atoms with Crippen molar-refractivity contribution in [1.29, 1.82) is 0 Å². The molecule has 3 rings (SSSR count). The standard InChI is InChI=1S/C22H23N3O2/c1-3-17-6-4-5-7-20(17)25-18-12-13-23-21(14-18)22(26)24-15-16-8-10-19(27-2)11-9-16/h4-14H,3,15H2,1-2H3,(H,23,25)(H,24,26). The minimum Gasteiger partial charge on any atom is -0.497 e. The molecule has 0 saturated carbocycles. The number of nitrogens with zero attached hydrogens (tertiary/aromatic N) is 1. The lowest BCUT2D eigenvalue weighted by molar-refractivity contribution is 0.0946. The zero-order valence-corrected chi connectivity index (χ0v) is 15.5. The van der Waals surface area contributed by atoms with Crippen LogP contribution in [0.15, 0.2) is 66.9 Å². The highest BCUT2D eigenvalue weighted by atomic mass is 16.5. The maximum absolute atomic E-state index is 12.4. The Balaban J connectivity index is 1.66. The number of benzene rings is 2. The van der Waals surface area contributed by atoms with Gasteiger partial charge in [0.05, 0.1) is 7.11 Å². The van der Waals surface area contributed by atoms with Gasteiger partial charge >= 0.3 is 0 Å². The summed E-state index contributed by atoms with van der Waals surface area (Å²) in [5, 5.41) is 6.27. The number of nitrogens with one attached hydrogen (secondary N) is 2. The van der Waals surface area contributed by atoms with Crippen LogP contribution in [0.2, 0.25) is 0 Å². The van der Waals surface area contributed by atoms with E-state index in [0.717, 1.165) is 29.1 Å². The number of ether oxygens (including phenoxy) is 1. The van der Waals surface area contributed by atoms with Crippen LogP contribution in [0.5, 0.6) is 5.75 Å². The minimum absolute atomic E-state index is 0.210. The Morgan fingerprint density at radius 1 is 1.07 bits per heavy atom. The van der Waals surface area contributed by atoms with Crippen molar-refractivity contribution in [2.24, 2.45) is 0 Å². The maximum Gasteiger partial charge on any atom is 0.270 e. The van der Waals surface area contributed by atoms with Crippen LogP contribution in [0.3, 0.4) is 0 Å². The molecule has 0 radical (unpaired) electrons. The van der Waals surface area contributed by atoms with E-state index in [4.69, 9.17) is 4.74 Å². The zero-order chi connectivity index (χ0) is 19.1. The second-order valence-corrected chi connectivity index (χ2v) is 6.10. The topological polar surface area (TPSA) is 63.2 Å². The van der Waals surface area contributed by atoms with E-state index in [-0.39, 0.29) is 5.91 Å². The first-order chi connectivity index (χ1) is 13.2. The highest BCUT2D eigenvalue weighted by molar-refractivity contribution is 5.93. The van der Waals surface area contributed by atoms with E-state index in [1.807, 2.05) is 48.5 Å². The van der Waals surface area contributed by atoms with E-state index in [9.17, 15) is 4.79 Å². The molecule has 0 aliphatic heterocycles. The number of amides is 1. The quantitative estimate of drug-likeness (QED) is 0.658. The van der Waals surface area contributed by atoms with Gasteiger partial charge in [0.25, 0.3) is 5.91 Å². The van der Waals surface area contributed by atoms with Gasteiger partial charge < -0.3 is 15.4 Å². The van der Waals surface area contributed by atoms with Gasteiger partial charge in [0.1, 0.15) is 11.4 Å². The van der Waals surface area contributed by atoms with Crippen LogP contribution in [-0.2, 0) is 13.0 Å². The molecule has 1 amide bonds. The lowest BCUT2D eigenvalue weighted by Gasteiger charge is -2.12. The molecule has 5 nitrogen and oxygen atoms in total. The SMILES string of the molecule is CCc1ccccc1Nc1ccnc(C(=O)NCc2ccc(OC)cc2)c1. The van der Waals surface area contributed by atoms with Gasteiger partial charge in [0, 0.05) is 24.1 Å². The number of aryl methyl sites for hydroxylation is 1. The zero-order valence-electron chi connectivity index (χ0n) is 15.5. The molecule has 5 heteroatoms. The van der Waals surface area contributed by atoms with Crippen LogP contribution < -0.4 is 15.4 Å². The van der Waals surface area contributed by atoms with E-state index >= 15 is 0 Å². The van der Waals surface area contributed by atoms with Crippen molar-refractivity contribution in [2.75, 3.05) is 12.4 Å². The first kappa shape index (κ1) is 18.5. The van der Waals surface area contributed by atoms with Crippen LogP contribution in [-0.4, -0.2) is 18.0 Å². The molecule has 138 valence electrons. The van der Waals surface area contributed by atoms with E-state index in [2.05, 4.69) is 28.6 Å². The molecule has 27 heavy (non-hydrogen) atoms. The smallest absolute Gasteiger partial charge is 0.270 e. The molecule has 0 aliphatic rings. The van der Waals surface area contributed by atoms with Crippen LogP contribution in [0.25, 0.3) is 0 Å². The van der Waals surface area contributed by atoms with Gasteiger partial charge in [0.2, 0.25) is 0 Å². The largest absolute Gasteiger partial charge is 0.497 e. The number of carbonyl (C=O) groups excluding carboxylic acids is 1. The molecule has 2 N–H and O–H groups in total. The lowest BCUT2D eigenvalue weighted by atomic mass is 10.1. The molecule has 0 bridgehead atoms. The van der Waals surface area contributed by atoms with Crippen molar-refractivity contribution in [3.63, 3.8) is 0 Å². The number of hydrogen-bond acceptors (Lipinski definition) is 4.